The first-order valence-electron chi connectivity index (χ1n) is 11.3. The van der Waals surface area contributed by atoms with Crippen LogP contribution in [0.1, 0.15) is 29.6 Å². The van der Waals surface area contributed by atoms with Crippen molar-refractivity contribution in [1.82, 2.24) is 0 Å². The van der Waals surface area contributed by atoms with Gasteiger partial charge in [0, 0.05) is 16.8 Å². The summed E-state index contributed by atoms with van der Waals surface area (Å²) in [6.45, 7) is 1.51. The van der Waals surface area contributed by atoms with Gasteiger partial charge >= 0.3 is 0 Å². The first kappa shape index (κ1) is 21.7. The van der Waals surface area contributed by atoms with E-state index in [0.29, 0.717) is 47.6 Å². The molecule has 6 heteroatoms. The van der Waals surface area contributed by atoms with E-state index in [9.17, 15) is 4.79 Å². The van der Waals surface area contributed by atoms with Crippen LogP contribution in [0.4, 0.5) is 5.69 Å². The third-order valence-corrected chi connectivity index (χ3v) is 6.40. The Labute approximate surface area is 198 Å². The van der Waals surface area contributed by atoms with Gasteiger partial charge in [0.1, 0.15) is 12.4 Å². The van der Waals surface area contributed by atoms with Gasteiger partial charge in [-0.25, -0.2) is 0 Å². The molecule has 0 spiro atoms. The number of fused-ring (bicyclic) bond motifs is 1. The Morgan fingerprint density at radius 3 is 2.55 bits per heavy atom. The first-order chi connectivity index (χ1) is 16.1. The fourth-order valence-corrected chi connectivity index (χ4v) is 4.19. The minimum atomic E-state index is -0.102. The number of halogens is 1. The van der Waals surface area contributed by atoms with E-state index >= 15 is 0 Å². The minimum absolute atomic E-state index is 0.102. The van der Waals surface area contributed by atoms with Gasteiger partial charge in [-0.1, -0.05) is 42.6 Å². The van der Waals surface area contributed by atoms with Gasteiger partial charge in [-0.05, 0) is 59.9 Å². The number of benzene rings is 3. The van der Waals surface area contributed by atoms with Crippen molar-refractivity contribution >= 4 is 23.2 Å². The van der Waals surface area contributed by atoms with Gasteiger partial charge < -0.3 is 19.1 Å². The summed E-state index contributed by atoms with van der Waals surface area (Å²) in [5.74, 6) is 2.62. The lowest BCUT2D eigenvalue weighted by Crippen LogP contribution is -2.32. The summed E-state index contributed by atoms with van der Waals surface area (Å²) in [5, 5.41) is 0.685. The normalized spacial score (nSPS) is 15.5. The summed E-state index contributed by atoms with van der Waals surface area (Å²) in [7, 11) is 1.62. The number of nitrogens with zero attached hydrogens (tertiary/aromatic N) is 1. The Morgan fingerprint density at radius 2 is 1.79 bits per heavy atom. The second-order valence-corrected chi connectivity index (χ2v) is 8.88. The number of carbonyl (C=O) groups is 1. The van der Waals surface area contributed by atoms with Crippen molar-refractivity contribution in [3.63, 3.8) is 0 Å². The number of hydrogen-bond donors (Lipinski definition) is 0. The molecule has 0 aromatic heterocycles. The molecular formula is C27H26ClNO4. The zero-order chi connectivity index (χ0) is 22.8. The SMILES string of the molecule is COc1cc(N2CCOc3cc(-c4ccc(Cl)cc4)ccc3C2=O)ccc1OCCC1CC1. The number of methoxy groups -OCH3 is 1. The molecule has 170 valence electrons. The topological polar surface area (TPSA) is 48.0 Å². The molecule has 0 unspecified atom stereocenters. The number of amides is 1. The molecule has 5 nitrogen and oxygen atoms in total. The zero-order valence-corrected chi connectivity index (χ0v) is 19.3. The summed E-state index contributed by atoms with van der Waals surface area (Å²) in [4.78, 5) is 15.2. The summed E-state index contributed by atoms with van der Waals surface area (Å²) < 4.78 is 17.5. The fourth-order valence-electron chi connectivity index (χ4n) is 4.07. The van der Waals surface area contributed by atoms with Crippen LogP contribution in [0.5, 0.6) is 17.2 Å². The lowest BCUT2D eigenvalue weighted by atomic mass is 10.0. The highest BCUT2D eigenvalue weighted by Crippen LogP contribution is 2.37. The van der Waals surface area contributed by atoms with E-state index in [2.05, 4.69) is 0 Å². The Kier molecular flexibility index (Phi) is 6.14. The van der Waals surface area contributed by atoms with Gasteiger partial charge in [0.15, 0.2) is 11.5 Å². The highest BCUT2D eigenvalue weighted by Gasteiger charge is 2.26. The van der Waals surface area contributed by atoms with Crippen molar-refractivity contribution in [2.75, 3.05) is 31.8 Å². The predicted octanol–water partition coefficient (Wildman–Crippen LogP) is 6.23. The monoisotopic (exact) mass is 463 g/mol. The van der Waals surface area contributed by atoms with E-state index in [-0.39, 0.29) is 5.91 Å². The van der Waals surface area contributed by atoms with Gasteiger partial charge in [-0.15, -0.1) is 0 Å². The predicted molar refractivity (Wildman–Crippen MR) is 130 cm³/mol. The molecule has 5 rings (SSSR count). The summed E-state index contributed by atoms with van der Waals surface area (Å²) in [5.41, 5.74) is 3.28. The Balaban J connectivity index is 1.38. The van der Waals surface area contributed by atoms with Crippen molar-refractivity contribution < 1.29 is 19.0 Å². The molecule has 0 saturated heterocycles. The van der Waals surface area contributed by atoms with Crippen LogP contribution in [0, 0.1) is 5.92 Å². The molecule has 1 aliphatic carbocycles. The van der Waals surface area contributed by atoms with E-state index in [0.717, 1.165) is 29.2 Å². The van der Waals surface area contributed by atoms with Gasteiger partial charge in [0.25, 0.3) is 5.91 Å². The van der Waals surface area contributed by atoms with E-state index in [1.165, 1.54) is 12.8 Å². The molecule has 1 aliphatic heterocycles. The minimum Gasteiger partial charge on any atom is -0.493 e. The van der Waals surface area contributed by atoms with Crippen LogP contribution >= 0.6 is 11.6 Å². The third-order valence-electron chi connectivity index (χ3n) is 6.15. The highest BCUT2D eigenvalue weighted by atomic mass is 35.5. The van der Waals surface area contributed by atoms with Crippen molar-refractivity contribution in [3.8, 4) is 28.4 Å². The van der Waals surface area contributed by atoms with Crippen molar-refractivity contribution in [3.05, 3.63) is 71.2 Å². The maximum atomic E-state index is 13.4. The molecule has 33 heavy (non-hydrogen) atoms. The van der Waals surface area contributed by atoms with Gasteiger partial charge in [-0.2, -0.15) is 0 Å². The molecule has 0 atom stereocenters. The molecule has 1 fully saturated rings. The van der Waals surface area contributed by atoms with E-state index in [4.69, 9.17) is 25.8 Å². The molecule has 0 N–H and O–H groups in total. The van der Waals surface area contributed by atoms with Crippen molar-refractivity contribution in [2.45, 2.75) is 19.3 Å². The molecular weight excluding hydrogens is 438 g/mol. The second kappa shape index (κ2) is 9.36. The lowest BCUT2D eigenvalue weighted by molar-refractivity contribution is 0.0990. The van der Waals surface area contributed by atoms with Crippen LogP contribution in [0.15, 0.2) is 60.7 Å². The van der Waals surface area contributed by atoms with Crippen molar-refractivity contribution in [2.24, 2.45) is 5.92 Å². The molecule has 0 radical (unpaired) electrons. The summed E-state index contributed by atoms with van der Waals surface area (Å²) >= 11 is 6.01. The number of rotatable bonds is 7. The fraction of sp³-hybridized carbons (Fsp3) is 0.296. The quantitative estimate of drug-likeness (QED) is 0.416. The van der Waals surface area contributed by atoms with Crippen LogP contribution in [-0.2, 0) is 0 Å². The summed E-state index contributed by atoms with van der Waals surface area (Å²) in [6, 6.07) is 18.9. The lowest BCUT2D eigenvalue weighted by Gasteiger charge is -2.21. The van der Waals surface area contributed by atoms with Crippen LogP contribution in [-0.4, -0.2) is 32.8 Å². The largest absolute Gasteiger partial charge is 0.493 e. The number of hydrogen-bond acceptors (Lipinski definition) is 4. The van der Waals surface area contributed by atoms with Gasteiger partial charge in [0.05, 0.1) is 25.8 Å². The Hall–Kier alpha value is -3.18. The molecule has 3 aromatic rings. The Morgan fingerprint density at radius 1 is 1.00 bits per heavy atom. The summed E-state index contributed by atoms with van der Waals surface area (Å²) in [6.07, 6.45) is 3.68. The second-order valence-electron chi connectivity index (χ2n) is 8.44. The molecule has 1 saturated carbocycles. The van der Waals surface area contributed by atoms with Crippen molar-refractivity contribution in [1.29, 1.82) is 0 Å². The highest BCUT2D eigenvalue weighted by molar-refractivity contribution is 6.30. The van der Waals surface area contributed by atoms with Crippen LogP contribution in [0.2, 0.25) is 5.02 Å². The maximum absolute atomic E-state index is 13.4. The molecule has 3 aromatic carbocycles. The average molecular weight is 464 g/mol. The van der Waals surface area contributed by atoms with Gasteiger partial charge in [0.2, 0.25) is 0 Å². The number of ether oxygens (including phenoxy) is 3. The van der Waals surface area contributed by atoms with E-state index < -0.39 is 0 Å². The van der Waals surface area contributed by atoms with E-state index in [1.54, 1.807) is 12.0 Å². The van der Waals surface area contributed by atoms with Gasteiger partial charge in [-0.3, -0.25) is 4.79 Å². The standard InChI is InChI=1S/C27H26ClNO4/c1-31-26-17-22(9-11-24(26)32-14-12-18-2-3-18)29-13-15-33-25-16-20(6-10-23(25)27(29)30)19-4-7-21(28)8-5-19/h4-11,16-18H,2-3,12-15H2,1H3. The molecule has 1 amide bonds. The number of carbonyl (C=O) groups excluding carboxylic acids is 1. The average Bonchev–Trinajstić information content (AvgIpc) is 3.67. The van der Waals surface area contributed by atoms with Crippen LogP contribution in [0.3, 0.4) is 0 Å². The molecule has 0 bridgehead atoms. The molecule has 2 aliphatic rings. The van der Waals surface area contributed by atoms with Crippen LogP contribution < -0.4 is 19.1 Å². The number of anilines is 1. The maximum Gasteiger partial charge on any atom is 0.262 e. The smallest absolute Gasteiger partial charge is 0.262 e. The third kappa shape index (κ3) is 4.79. The van der Waals surface area contributed by atoms with Crippen LogP contribution in [0.25, 0.3) is 11.1 Å². The Bertz CT molecular complexity index is 1160. The molecule has 1 heterocycles. The van der Waals surface area contributed by atoms with E-state index in [1.807, 2.05) is 60.7 Å². The first-order valence-corrected chi connectivity index (χ1v) is 11.7. The zero-order valence-electron chi connectivity index (χ0n) is 18.6.